The molecule has 2 aliphatic rings. The van der Waals surface area contributed by atoms with Gasteiger partial charge in [0.05, 0.1) is 11.4 Å². The third-order valence-electron chi connectivity index (χ3n) is 12.0. The van der Waals surface area contributed by atoms with Crippen LogP contribution in [0.4, 0.5) is 17.1 Å². The molecule has 0 saturated heterocycles. The molecule has 0 aliphatic heterocycles. The highest BCUT2D eigenvalue weighted by Gasteiger charge is 2.39. The van der Waals surface area contributed by atoms with Crippen LogP contribution in [0.15, 0.2) is 140 Å². The van der Waals surface area contributed by atoms with Crippen LogP contribution < -0.4 is 4.90 Å². The number of fused-ring (bicyclic) bond motifs is 9. The Hall–Kier alpha value is -5.44. The van der Waals surface area contributed by atoms with Gasteiger partial charge in [0.15, 0.2) is 0 Å². The second kappa shape index (κ2) is 9.62. The number of nitrogens with zero attached hydrogens (tertiary/aromatic N) is 1. The highest BCUT2D eigenvalue weighted by Crippen LogP contribution is 2.57. The highest BCUT2D eigenvalue weighted by molar-refractivity contribution is 7.26. The van der Waals surface area contributed by atoms with Gasteiger partial charge in [0.1, 0.15) is 0 Å². The Bertz CT molecular complexity index is 2880. The standard InChI is InChI=1S/C48H35NS/c1-47(2)36-19-8-6-14-33(36)44-37(47)20-12-22-40(44)49(28-25-26-30-29-13-5-7-18-35(29)48(3,4)38(30)27-28)39-21-9-15-31-32-16-10-23-41-45(32)46-34(43(31)39)17-11-24-42(46)50-41/h5-27H,1-4H3. The third kappa shape index (κ3) is 3.47. The molecule has 2 aliphatic carbocycles. The lowest BCUT2D eigenvalue weighted by Gasteiger charge is -2.31. The van der Waals surface area contributed by atoms with E-state index in [1.54, 1.807) is 0 Å². The summed E-state index contributed by atoms with van der Waals surface area (Å²) in [5.74, 6) is 0. The molecule has 238 valence electrons. The molecule has 1 nitrogen and oxygen atoms in total. The summed E-state index contributed by atoms with van der Waals surface area (Å²) in [7, 11) is 0. The Balaban J connectivity index is 1.28. The van der Waals surface area contributed by atoms with E-state index in [1.165, 1.54) is 103 Å². The van der Waals surface area contributed by atoms with Crippen molar-refractivity contribution in [1.82, 2.24) is 0 Å². The van der Waals surface area contributed by atoms with E-state index in [-0.39, 0.29) is 10.8 Å². The average Bonchev–Trinajstić information content (AvgIpc) is 3.72. The molecular formula is C48H35NS. The van der Waals surface area contributed by atoms with Gasteiger partial charge in [-0.3, -0.25) is 0 Å². The first kappa shape index (κ1) is 28.4. The third-order valence-corrected chi connectivity index (χ3v) is 13.1. The van der Waals surface area contributed by atoms with Crippen LogP contribution in [0.1, 0.15) is 49.9 Å². The van der Waals surface area contributed by atoms with Gasteiger partial charge in [0.2, 0.25) is 0 Å². The lowest BCUT2D eigenvalue weighted by Crippen LogP contribution is -2.17. The van der Waals surface area contributed by atoms with Crippen molar-refractivity contribution in [1.29, 1.82) is 0 Å². The van der Waals surface area contributed by atoms with Gasteiger partial charge in [-0.25, -0.2) is 0 Å². The van der Waals surface area contributed by atoms with Crippen LogP contribution in [0.2, 0.25) is 0 Å². The Morgan fingerprint density at radius 2 is 0.960 bits per heavy atom. The van der Waals surface area contributed by atoms with Crippen LogP contribution in [0, 0.1) is 0 Å². The predicted molar refractivity (Wildman–Crippen MR) is 215 cm³/mol. The van der Waals surface area contributed by atoms with E-state index < -0.39 is 0 Å². The first-order valence-corrected chi connectivity index (χ1v) is 18.5. The summed E-state index contributed by atoms with van der Waals surface area (Å²) in [5.41, 5.74) is 14.3. The highest BCUT2D eigenvalue weighted by atomic mass is 32.1. The maximum Gasteiger partial charge on any atom is 0.0546 e. The van der Waals surface area contributed by atoms with E-state index in [2.05, 4.69) is 172 Å². The molecule has 0 saturated carbocycles. The Morgan fingerprint density at radius 3 is 1.74 bits per heavy atom. The van der Waals surface area contributed by atoms with Crippen LogP contribution in [0.3, 0.4) is 0 Å². The van der Waals surface area contributed by atoms with Gasteiger partial charge in [0, 0.05) is 47.6 Å². The zero-order valence-corrected chi connectivity index (χ0v) is 29.5. The fourth-order valence-electron chi connectivity index (χ4n) is 9.69. The number of hydrogen-bond acceptors (Lipinski definition) is 2. The summed E-state index contributed by atoms with van der Waals surface area (Å²) in [6.45, 7) is 9.53. The summed E-state index contributed by atoms with van der Waals surface area (Å²) in [4.78, 5) is 2.59. The molecule has 50 heavy (non-hydrogen) atoms. The summed E-state index contributed by atoms with van der Waals surface area (Å²) in [6, 6.07) is 52.9. The van der Waals surface area contributed by atoms with Gasteiger partial charge in [-0.05, 0) is 91.5 Å². The molecule has 0 amide bonds. The van der Waals surface area contributed by atoms with Crippen LogP contribution in [0.5, 0.6) is 0 Å². The maximum absolute atomic E-state index is 2.59. The minimum absolute atomic E-state index is 0.0991. The lowest BCUT2D eigenvalue weighted by atomic mass is 9.82. The molecule has 8 aromatic carbocycles. The number of thiophene rings is 1. The summed E-state index contributed by atoms with van der Waals surface area (Å²) >= 11 is 1.91. The van der Waals surface area contributed by atoms with Crippen LogP contribution >= 0.6 is 11.3 Å². The van der Waals surface area contributed by atoms with Crippen molar-refractivity contribution >= 4 is 70.1 Å². The first-order chi connectivity index (χ1) is 24.3. The van der Waals surface area contributed by atoms with Crippen molar-refractivity contribution < 1.29 is 0 Å². The molecule has 0 bridgehead atoms. The smallest absolute Gasteiger partial charge is 0.0546 e. The fourth-order valence-corrected chi connectivity index (χ4v) is 10.9. The van der Waals surface area contributed by atoms with Gasteiger partial charge in [-0.15, -0.1) is 11.3 Å². The SMILES string of the molecule is CC1(C)c2ccccc2-c2ccc(N(c3cccc4c3-c3ccccc3C4(C)C)c3cccc4c5cccc6sc7cccc(c34)c7c65)cc21. The normalized spacial score (nSPS) is 15.1. The maximum atomic E-state index is 2.59. The molecule has 11 rings (SSSR count). The molecule has 1 aromatic heterocycles. The number of rotatable bonds is 3. The topological polar surface area (TPSA) is 3.24 Å². The molecule has 0 radical (unpaired) electrons. The number of benzene rings is 8. The lowest BCUT2D eigenvalue weighted by molar-refractivity contribution is 0.660. The largest absolute Gasteiger partial charge is 0.309 e. The van der Waals surface area contributed by atoms with E-state index in [4.69, 9.17) is 0 Å². The number of anilines is 3. The Morgan fingerprint density at radius 1 is 0.420 bits per heavy atom. The zero-order chi connectivity index (χ0) is 33.5. The van der Waals surface area contributed by atoms with Crippen molar-refractivity contribution in [2.24, 2.45) is 0 Å². The average molecular weight is 658 g/mol. The Kier molecular flexibility index (Phi) is 5.47. The van der Waals surface area contributed by atoms with E-state index in [1.807, 2.05) is 11.3 Å². The van der Waals surface area contributed by atoms with Crippen molar-refractivity contribution in [2.45, 2.75) is 38.5 Å². The summed E-state index contributed by atoms with van der Waals surface area (Å²) in [5, 5.41) is 8.05. The van der Waals surface area contributed by atoms with Gasteiger partial charge < -0.3 is 4.90 Å². The van der Waals surface area contributed by atoms with Crippen molar-refractivity contribution in [3.05, 3.63) is 162 Å². The van der Waals surface area contributed by atoms with Crippen LogP contribution in [-0.2, 0) is 10.8 Å². The van der Waals surface area contributed by atoms with E-state index >= 15 is 0 Å². The molecule has 0 unspecified atom stereocenters. The summed E-state index contributed by atoms with van der Waals surface area (Å²) in [6.07, 6.45) is 0. The van der Waals surface area contributed by atoms with Gasteiger partial charge >= 0.3 is 0 Å². The fraction of sp³-hybridized carbons (Fsp3) is 0.125. The molecule has 0 N–H and O–H groups in total. The van der Waals surface area contributed by atoms with Crippen molar-refractivity contribution in [2.75, 3.05) is 4.90 Å². The van der Waals surface area contributed by atoms with E-state index in [0.717, 1.165) is 0 Å². The Labute approximate surface area is 296 Å². The number of hydrogen-bond donors (Lipinski definition) is 0. The molecule has 0 atom stereocenters. The molecule has 9 aromatic rings. The zero-order valence-electron chi connectivity index (χ0n) is 28.6. The predicted octanol–water partition coefficient (Wildman–Crippen LogP) is 13.9. The second-order valence-electron chi connectivity index (χ2n) is 15.3. The quantitative estimate of drug-likeness (QED) is 0.171. The van der Waals surface area contributed by atoms with E-state index in [0.29, 0.717) is 0 Å². The molecule has 0 fully saturated rings. The van der Waals surface area contributed by atoms with Crippen molar-refractivity contribution in [3.8, 4) is 22.3 Å². The van der Waals surface area contributed by atoms with Gasteiger partial charge in [0.25, 0.3) is 0 Å². The van der Waals surface area contributed by atoms with Crippen LogP contribution in [-0.4, -0.2) is 0 Å². The second-order valence-corrected chi connectivity index (χ2v) is 16.3. The van der Waals surface area contributed by atoms with Crippen LogP contribution in [0.25, 0.3) is 64.0 Å². The molecule has 1 heterocycles. The molecule has 0 spiro atoms. The molecular weight excluding hydrogens is 623 g/mol. The van der Waals surface area contributed by atoms with Gasteiger partial charge in [-0.2, -0.15) is 0 Å². The van der Waals surface area contributed by atoms with Crippen molar-refractivity contribution in [3.63, 3.8) is 0 Å². The first-order valence-electron chi connectivity index (χ1n) is 17.7. The van der Waals surface area contributed by atoms with Gasteiger partial charge in [-0.1, -0.05) is 131 Å². The van der Waals surface area contributed by atoms with E-state index in [9.17, 15) is 0 Å². The minimum Gasteiger partial charge on any atom is -0.309 e. The molecule has 2 heteroatoms. The monoisotopic (exact) mass is 657 g/mol. The minimum atomic E-state index is -0.107. The summed E-state index contributed by atoms with van der Waals surface area (Å²) < 4.78 is 2.71.